The summed E-state index contributed by atoms with van der Waals surface area (Å²) < 4.78 is 87.5. The maximum Gasteiger partial charge on any atom is 0.418 e. The zero-order chi connectivity index (χ0) is 36.3. The monoisotopic (exact) mass is 710 g/mol. The lowest BCUT2D eigenvalue weighted by atomic mass is 9.96. The summed E-state index contributed by atoms with van der Waals surface area (Å²) in [7, 11) is 1.66. The summed E-state index contributed by atoms with van der Waals surface area (Å²) in [6, 6.07) is 10.8. The van der Waals surface area contributed by atoms with Crippen LogP contribution in [0.5, 0.6) is 0 Å². The molecule has 6 rings (SSSR count). The molecule has 1 aliphatic heterocycles. The van der Waals surface area contributed by atoms with E-state index in [4.69, 9.17) is 5.26 Å². The Morgan fingerprint density at radius 1 is 1.00 bits per heavy atom. The Bertz CT molecular complexity index is 2050. The van der Waals surface area contributed by atoms with E-state index in [1.807, 2.05) is 0 Å². The van der Waals surface area contributed by atoms with E-state index in [9.17, 15) is 26.3 Å². The predicted molar refractivity (Wildman–Crippen MR) is 179 cm³/mol. The standard InChI is InChI=1S/C35H34F6N10.H2/c1-22-6-5-13-50(18-22)20-26-8-10-29(35(39,40)41)32(46-26)24-17-45-51(19-24)31-15-23(14-30(47-31)43-12-4-3-11-42)28-16-25(34(36,37)38)7-9-27(28)33-48-44-21-49(33)2;/h7-10,14-17,19,21-22H,3-6,12-13,18,20H2,1-2H3,(H,43,47);1H/t22-;/m0./s1. The van der Waals surface area contributed by atoms with E-state index in [0.29, 0.717) is 48.1 Å². The Morgan fingerprint density at radius 3 is 2.53 bits per heavy atom. The third-order valence-corrected chi connectivity index (χ3v) is 8.67. The molecule has 1 N–H and O–H groups in total. The Hall–Kier alpha value is -5.30. The highest BCUT2D eigenvalue weighted by Gasteiger charge is 2.35. The van der Waals surface area contributed by atoms with Crippen molar-refractivity contribution in [2.45, 2.75) is 51.5 Å². The molecular weight excluding hydrogens is 674 g/mol. The van der Waals surface area contributed by atoms with Gasteiger partial charge in [-0.1, -0.05) is 6.92 Å². The minimum atomic E-state index is -4.69. The first-order valence-corrected chi connectivity index (χ1v) is 16.3. The highest BCUT2D eigenvalue weighted by molar-refractivity contribution is 5.83. The summed E-state index contributed by atoms with van der Waals surface area (Å²) in [5.74, 6) is 1.17. The zero-order valence-electron chi connectivity index (χ0n) is 27.8. The minimum absolute atomic E-state index is 0. The predicted octanol–water partition coefficient (Wildman–Crippen LogP) is 8.02. The second-order valence-corrected chi connectivity index (χ2v) is 12.7. The van der Waals surface area contributed by atoms with Crippen LogP contribution in [0.15, 0.2) is 61.2 Å². The molecule has 0 amide bonds. The molecule has 0 saturated carbocycles. The Labute approximate surface area is 291 Å². The third-order valence-electron chi connectivity index (χ3n) is 8.67. The van der Waals surface area contributed by atoms with Gasteiger partial charge in [0.05, 0.1) is 34.8 Å². The van der Waals surface area contributed by atoms with Crippen molar-refractivity contribution in [3.05, 3.63) is 78.0 Å². The Morgan fingerprint density at radius 2 is 1.82 bits per heavy atom. The van der Waals surface area contributed by atoms with Gasteiger partial charge in [0.15, 0.2) is 11.6 Å². The van der Waals surface area contributed by atoms with Crippen molar-refractivity contribution >= 4 is 5.82 Å². The van der Waals surface area contributed by atoms with Crippen LogP contribution >= 0.6 is 0 Å². The summed E-state index contributed by atoms with van der Waals surface area (Å²) in [4.78, 5) is 11.2. The number of benzene rings is 1. The lowest BCUT2D eigenvalue weighted by Crippen LogP contribution is -2.34. The van der Waals surface area contributed by atoms with Crippen LogP contribution in [0.3, 0.4) is 0 Å². The summed E-state index contributed by atoms with van der Waals surface area (Å²) >= 11 is 0. The van der Waals surface area contributed by atoms with Gasteiger partial charge in [-0.05, 0) is 85.3 Å². The lowest BCUT2D eigenvalue weighted by molar-refractivity contribution is -0.138. The van der Waals surface area contributed by atoms with Crippen LogP contribution in [0.1, 0.15) is 50.9 Å². The third kappa shape index (κ3) is 8.20. The molecule has 1 aromatic carbocycles. The van der Waals surface area contributed by atoms with Crippen molar-refractivity contribution in [2.24, 2.45) is 13.0 Å². The van der Waals surface area contributed by atoms with Gasteiger partial charge in [0, 0.05) is 51.9 Å². The van der Waals surface area contributed by atoms with Gasteiger partial charge >= 0.3 is 12.4 Å². The molecule has 10 nitrogen and oxygen atoms in total. The van der Waals surface area contributed by atoms with Crippen LogP contribution in [0.4, 0.5) is 32.2 Å². The van der Waals surface area contributed by atoms with Crippen molar-refractivity contribution < 1.29 is 27.8 Å². The minimum Gasteiger partial charge on any atom is -0.370 e. The fourth-order valence-corrected chi connectivity index (χ4v) is 6.21. The number of halogens is 6. The Kier molecular flexibility index (Phi) is 10.1. The highest BCUT2D eigenvalue weighted by Crippen LogP contribution is 2.39. The Balaban J connectivity index is 0.00000523. The van der Waals surface area contributed by atoms with Gasteiger partial charge < -0.3 is 9.88 Å². The number of nitrogens with zero attached hydrogens (tertiary/aromatic N) is 9. The van der Waals surface area contributed by atoms with Gasteiger partial charge in [0.25, 0.3) is 0 Å². The van der Waals surface area contributed by atoms with Crippen LogP contribution in [0, 0.1) is 17.2 Å². The molecule has 0 spiro atoms. The number of alkyl halides is 6. The number of pyridine rings is 2. The molecule has 0 unspecified atom stereocenters. The number of nitrogens with one attached hydrogen (secondary N) is 1. The van der Waals surface area contributed by atoms with Crippen molar-refractivity contribution in [3.63, 3.8) is 0 Å². The quantitative estimate of drug-likeness (QED) is 0.115. The number of anilines is 1. The molecule has 0 aliphatic carbocycles. The number of hydrogen-bond donors (Lipinski definition) is 1. The average Bonchev–Trinajstić information content (AvgIpc) is 3.75. The number of rotatable bonds is 10. The van der Waals surface area contributed by atoms with Crippen LogP contribution in [0.25, 0.3) is 39.6 Å². The van der Waals surface area contributed by atoms with E-state index in [-0.39, 0.29) is 36.3 Å². The molecule has 4 aromatic heterocycles. The van der Waals surface area contributed by atoms with Crippen LogP contribution in [0.2, 0.25) is 0 Å². The molecule has 0 bridgehead atoms. The molecule has 268 valence electrons. The topological polar surface area (TPSA) is 113 Å². The van der Waals surface area contributed by atoms with E-state index < -0.39 is 23.5 Å². The second kappa shape index (κ2) is 14.5. The SMILES string of the molecule is C[C@H]1CCCN(Cc2ccc(C(F)(F)F)c(-c3cnn(-c4cc(-c5cc(C(F)(F)F)ccc5-c5nncn5C)cc(NCCCC#N)n4)c3)n2)C1.[HH]. The summed E-state index contributed by atoms with van der Waals surface area (Å²) in [6.45, 7) is 4.54. The molecule has 1 fully saturated rings. The van der Waals surface area contributed by atoms with Gasteiger partial charge in [0.1, 0.15) is 12.1 Å². The number of likely N-dealkylation sites (tertiary alicyclic amines) is 1. The maximum absolute atomic E-state index is 14.3. The molecule has 51 heavy (non-hydrogen) atoms. The smallest absolute Gasteiger partial charge is 0.370 e. The van der Waals surface area contributed by atoms with Crippen molar-refractivity contribution in [3.8, 4) is 45.7 Å². The van der Waals surface area contributed by atoms with E-state index >= 15 is 0 Å². The second-order valence-electron chi connectivity index (χ2n) is 12.7. The van der Waals surface area contributed by atoms with E-state index in [1.54, 1.807) is 17.7 Å². The lowest BCUT2D eigenvalue weighted by Gasteiger charge is -2.30. The normalized spacial score (nSPS) is 15.5. The van der Waals surface area contributed by atoms with Gasteiger partial charge in [-0.15, -0.1) is 10.2 Å². The van der Waals surface area contributed by atoms with Crippen molar-refractivity contribution in [1.82, 2.24) is 39.4 Å². The molecule has 1 aliphatic rings. The number of nitriles is 1. The van der Waals surface area contributed by atoms with Crippen LogP contribution in [-0.2, 0) is 25.9 Å². The first-order chi connectivity index (χ1) is 24.3. The summed E-state index contributed by atoms with van der Waals surface area (Å²) in [5, 5.41) is 24.4. The molecular formula is C35H36F6N10. The maximum atomic E-state index is 14.3. The largest absolute Gasteiger partial charge is 0.418 e. The van der Waals surface area contributed by atoms with Gasteiger partial charge in [0.2, 0.25) is 0 Å². The summed E-state index contributed by atoms with van der Waals surface area (Å²) in [6.07, 6.45) is -2.46. The van der Waals surface area contributed by atoms with Gasteiger partial charge in [-0.2, -0.15) is 36.7 Å². The molecule has 1 atom stereocenters. The fourth-order valence-electron chi connectivity index (χ4n) is 6.21. The molecule has 5 heterocycles. The molecule has 1 saturated heterocycles. The summed E-state index contributed by atoms with van der Waals surface area (Å²) in [5.41, 5.74) is -0.697. The zero-order valence-corrected chi connectivity index (χ0v) is 27.8. The van der Waals surface area contributed by atoms with E-state index in [0.717, 1.165) is 44.1 Å². The number of piperidine rings is 1. The molecule has 0 radical (unpaired) electrons. The first-order valence-electron chi connectivity index (χ1n) is 16.3. The number of hydrogen-bond acceptors (Lipinski definition) is 8. The average molecular weight is 711 g/mol. The first kappa shape index (κ1) is 35.5. The highest BCUT2D eigenvalue weighted by atomic mass is 19.4. The van der Waals surface area contributed by atoms with Gasteiger partial charge in [-0.3, -0.25) is 9.88 Å². The van der Waals surface area contributed by atoms with E-state index in [2.05, 4.69) is 48.5 Å². The molecule has 5 aromatic rings. The number of aryl methyl sites for hydroxylation is 1. The fraction of sp³-hybridized carbons (Fsp3) is 0.371. The molecule has 16 heteroatoms. The number of unbranched alkanes of at least 4 members (excludes halogenated alkanes) is 1. The van der Waals surface area contributed by atoms with Crippen LogP contribution < -0.4 is 5.32 Å². The van der Waals surface area contributed by atoms with E-state index in [1.165, 1.54) is 41.6 Å². The van der Waals surface area contributed by atoms with Crippen LogP contribution in [-0.4, -0.2) is 59.0 Å². The van der Waals surface area contributed by atoms with Crippen molar-refractivity contribution in [1.29, 1.82) is 5.26 Å². The van der Waals surface area contributed by atoms with Gasteiger partial charge in [-0.25, -0.2) is 9.67 Å². The number of aromatic nitrogens is 7. The van der Waals surface area contributed by atoms with Crippen molar-refractivity contribution in [2.75, 3.05) is 25.0 Å².